The fourth-order valence-corrected chi connectivity index (χ4v) is 3.04. The van der Waals surface area contributed by atoms with E-state index < -0.39 is 0 Å². The highest BCUT2D eigenvalue weighted by molar-refractivity contribution is 5.50. The van der Waals surface area contributed by atoms with Gasteiger partial charge < -0.3 is 14.4 Å². The van der Waals surface area contributed by atoms with Crippen molar-refractivity contribution < 1.29 is 9.47 Å². The molecule has 0 heterocycles. The summed E-state index contributed by atoms with van der Waals surface area (Å²) in [5.41, 5.74) is 2.44. The summed E-state index contributed by atoms with van der Waals surface area (Å²) in [5, 5.41) is 0. The van der Waals surface area contributed by atoms with Crippen LogP contribution >= 0.6 is 0 Å². The molecule has 2 rings (SSSR count). The monoisotopic (exact) mass is 341 g/mol. The molecular formula is C22H31NO2. The number of unbranched alkanes of at least 4 members (excludes halogenated alkanes) is 4. The van der Waals surface area contributed by atoms with Crippen molar-refractivity contribution in [2.24, 2.45) is 0 Å². The van der Waals surface area contributed by atoms with E-state index in [-0.39, 0.29) is 0 Å². The first-order chi connectivity index (χ1) is 12.3. The number of nitrogens with zero attached hydrogens (tertiary/aromatic N) is 1. The van der Waals surface area contributed by atoms with Crippen molar-refractivity contribution in [3.05, 3.63) is 54.1 Å². The van der Waals surface area contributed by atoms with Gasteiger partial charge in [0.2, 0.25) is 0 Å². The van der Waals surface area contributed by atoms with Crippen molar-refractivity contribution in [2.45, 2.75) is 45.6 Å². The molecule has 3 heteroatoms. The third-order valence-corrected chi connectivity index (χ3v) is 4.52. The van der Waals surface area contributed by atoms with Gasteiger partial charge in [-0.2, -0.15) is 0 Å². The average Bonchev–Trinajstić information content (AvgIpc) is 2.67. The Labute approximate surface area is 152 Å². The highest BCUT2D eigenvalue weighted by Crippen LogP contribution is 2.25. The van der Waals surface area contributed by atoms with E-state index in [1.54, 1.807) is 14.2 Å². The molecular weight excluding hydrogens is 310 g/mol. The fraction of sp³-hybridized carbons (Fsp3) is 0.455. The lowest BCUT2D eigenvalue weighted by atomic mass is 10.1. The molecule has 3 nitrogen and oxygen atoms in total. The Morgan fingerprint density at radius 2 is 1.52 bits per heavy atom. The van der Waals surface area contributed by atoms with Gasteiger partial charge in [-0.1, -0.05) is 50.8 Å². The largest absolute Gasteiger partial charge is 0.497 e. The predicted molar refractivity (Wildman–Crippen MR) is 106 cm³/mol. The Hall–Kier alpha value is -2.16. The molecule has 25 heavy (non-hydrogen) atoms. The minimum Gasteiger partial charge on any atom is -0.497 e. The second-order valence-corrected chi connectivity index (χ2v) is 6.35. The molecule has 0 fully saturated rings. The van der Waals surface area contributed by atoms with Crippen LogP contribution in [0.1, 0.15) is 44.6 Å². The molecule has 0 radical (unpaired) electrons. The van der Waals surface area contributed by atoms with Crippen LogP contribution in [-0.2, 0) is 6.54 Å². The van der Waals surface area contributed by atoms with Crippen LogP contribution < -0.4 is 14.4 Å². The lowest BCUT2D eigenvalue weighted by Gasteiger charge is -2.26. The van der Waals surface area contributed by atoms with Gasteiger partial charge in [-0.3, -0.25) is 0 Å². The second kappa shape index (κ2) is 10.7. The quantitative estimate of drug-likeness (QED) is 0.491. The maximum Gasteiger partial charge on any atom is 0.123 e. The van der Waals surface area contributed by atoms with Crippen molar-refractivity contribution in [3.63, 3.8) is 0 Å². The minimum absolute atomic E-state index is 0.851. The Morgan fingerprint density at radius 3 is 2.20 bits per heavy atom. The van der Waals surface area contributed by atoms with Crippen LogP contribution in [0, 0.1) is 0 Å². The van der Waals surface area contributed by atoms with Gasteiger partial charge in [0.25, 0.3) is 0 Å². The molecule has 0 aromatic heterocycles. The van der Waals surface area contributed by atoms with Crippen LogP contribution in [0.25, 0.3) is 0 Å². The zero-order valence-corrected chi connectivity index (χ0v) is 15.8. The van der Waals surface area contributed by atoms with Crippen LogP contribution in [0.5, 0.6) is 11.5 Å². The lowest BCUT2D eigenvalue weighted by molar-refractivity contribution is 0.409. The number of anilines is 1. The van der Waals surface area contributed by atoms with Crippen LogP contribution in [0.4, 0.5) is 5.69 Å². The van der Waals surface area contributed by atoms with E-state index in [2.05, 4.69) is 36.1 Å². The van der Waals surface area contributed by atoms with E-state index in [1.807, 2.05) is 24.3 Å². The van der Waals surface area contributed by atoms with Gasteiger partial charge in [-0.25, -0.2) is 0 Å². The summed E-state index contributed by atoms with van der Waals surface area (Å²) in [7, 11) is 3.44. The van der Waals surface area contributed by atoms with Gasteiger partial charge in [0.15, 0.2) is 0 Å². The van der Waals surface area contributed by atoms with Crippen LogP contribution in [0.15, 0.2) is 48.5 Å². The van der Waals surface area contributed by atoms with Gasteiger partial charge in [0, 0.05) is 24.3 Å². The molecule has 0 bridgehead atoms. The number of para-hydroxylation sites is 1. The van der Waals surface area contributed by atoms with E-state index >= 15 is 0 Å². The third kappa shape index (κ3) is 6.00. The number of rotatable bonds is 11. The number of hydrogen-bond acceptors (Lipinski definition) is 3. The first-order valence-electron chi connectivity index (χ1n) is 9.29. The van der Waals surface area contributed by atoms with Crippen LogP contribution in [0.3, 0.4) is 0 Å². The second-order valence-electron chi connectivity index (χ2n) is 6.35. The molecule has 0 N–H and O–H groups in total. The van der Waals surface area contributed by atoms with Crippen molar-refractivity contribution in [3.8, 4) is 11.5 Å². The Balaban J connectivity index is 2.10. The summed E-state index contributed by atoms with van der Waals surface area (Å²) in [6, 6.07) is 16.6. The number of hydrogen-bond donors (Lipinski definition) is 0. The molecule has 0 amide bonds. The molecule has 0 aliphatic heterocycles. The molecule has 0 unspecified atom stereocenters. The maximum atomic E-state index is 5.53. The highest BCUT2D eigenvalue weighted by Gasteiger charge is 2.11. The van der Waals surface area contributed by atoms with Crippen molar-refractivity contribution in [1.29, 1.82) is 0 Å². The molecule has 2 aromatic rings. The molecule has 0 aliphatic rings. The molecule has 2 aromatic carbocycles. The van der Waals surface area contributed by atoms with E-state index in [0.29, 0.717) is 0 Å². The smallest absolute Gasteiger partial charge is 0.123 e. The number of benzene rings is 2. The Morgan fingerprint density at radius 1 is 0.800 bits per heavy atom. The Bertz CT molecular complexity index is 610. The first kappa shape index (κ1) is 19.2. The lowest BCUT2D eigenvalue weighted by Crippen LogP contribution is -2.24. The van der Waals surface area contributed by atoms with E-state index in [9.17, 15) is 0 Å². The first-order valence-corrected chi connectivity index (χ1v) is 9.29. The van der Waals surface area contributed by atoms with E-state index in [4.69, 9.17) is 9.47 Å². The zero-order chi connectivity index (χ0) is 17.9. The fourth-order valence-electron chi connectivity index (χ4n) is 3.04. The predicted octanol–water partition coefficient (Wildman–Crippen LogP) is 5.68. The third-order valence-electron chi connectivity index (χ3n) is 4.52. The molecule has 0 atom stereocenters. The summed E-state index contributed by atoms with van der Waals surface area (Å²) in [6.07, 6.45) is 6.42. The zero-order valence-electron chi connectivity index (χ0n) is 15.8. The van der Waals surface area contributed by atoms with E-state index in [0.717, 1.165) is 24.6 Å². The standard InChI is InChI=1S/C22H31NO2/c1-4-5-6-7-10-17-23(20-13-15-21(24-2)16-14-20)18-19-11-8-9-12-22(19)25-3/h8-9,11-16H,4-7,10,17-18H2,1-3H3. The van der Waals surface area contributed by atoms with Gasteiger partial charge in [-0.15, -0.1) is 0 Å². The summed E-state index contributed by atoms with van der Waals surface area (Å²) >= 11 is 0. The van der Waals surface area contributed by atoms with Crippen molar-refractivity contribution >= 4 is 5.69 Å². The summed E-state index contributed by atoms with van der Waals surface area (Å²) in [5.74, 6) is 1.84. The summed E-state index contributed by atoms with van der Waals surface area (Å²) in [6.45, 7) is 4.16. The highest BCUT2D eigenvalue weighted by atomic mass is 16.5. The Kier molecular flexibility index (Phi) is 8.17. The van der Waals surface area contributed by atoms with Crippen LogP contribution in [0.2, 0.25) is 0 Å². The van der Waals surface area contributed by atoms with Gasteiger partial charge in [-0.05, 0) is 36.8 Å². The molecule has 136 valence electrons. The molecule has 0 aliphatic carbocycles. The van der Waals surface area contributed by atoms with Gasteiger partial charge >= 0.3 is 0 Å². The van der Waals surface area contributed by atoms with E-state index in [1.165, 1.54) is 43.4 Å². The van der Waals surface area contributed by atoms with Crippen molar-refractivity contribution in [2.75, 3.05) is 25.7 Å². The number of ether oxygens (including phenoxy) is 2. The normalized spacial score (nSPS) is 10.5. The summed E-state index contributed by atoms with van der Waals surface area (Å²) in [4.78, 5) is 2.43. The summed E-state index contributed by atoms with van der Waals surface area (Å²) < 4.78 is 10.8. The molecule has 0 spiro atoms. The molecule has 0 saturated carbocycles. The maximum absolute atomic E-state index is 5.53. The average molecular weight is 341 g/mol. The number of methoxy groups -OCH3 is 2. The van der Waals surface area contributed by atoms with Crippen molar-refractivity contribution in [1.82, 2.24) is 0 Å². The van der Waals surface area contributed by atoms with Gasteiger partial charge in [0.05, 0.1) is 14.2 Å². The molecule has 0 saturated heterocycles. The topological polar surface area (TPSA) is 21.7 Å². The van der Waals surface area contributed by atoms with Gasteiger partial charge in [0.1, 0.15) is 11.5 Å². The SMILES string of the molecule is CCCCCCCN(Cc1ccccc1OC)c1ccc(OC)cc1. The minimum atomic E-state index is 0.851. The van der Waals surface area contributed by atoms with Crippen LogP contribution in [-0.4, -0.2) is 20.8 Å².